The monoisotopic (exact) mass is 535 g/mol. The van der Waals surface area contributed by atoms with E-state index in [0.29, 0.717) is 56.0 Å². The Labute approximate surface area is 223 Å². The Balaban J connectivity index is 1.62. The molecule has 1 amide bonds. The van der Waals surface area contributed by atoms with Crippen LogP contribution >= 0.6 is 11.6 Å². The van der Waals surface area contributed by atoms with Crippen molar-refractivity contribution in [3.8, 4) is 16.9 Å². The molecule has 0 aliphatic carbocycles. The number of aromatic nitrogens is 3. The number of rotatable bonds is 6. The van der Waals surface area contributed by atoms with Crippen molar-refractivity contribution in [1.29, 1.82) is 0 Å². The van der Waals surface area contributed by atoms with Crippen molar-refractivity contribution in [2.75, 3.05) is 31.1 Å². The second-order valence-corrected chi connectivity index (χ2v) is 9.29. The van der Waals surface area contributed by atoms with Crippen LogP contribution in [-0.2, 0) is 17.6 Å². The summed E-state index contributed by atoms with van der Waals surface area (Å²) in [5.41, 5.74) is 0.209. The number of pyridine rings is 1. The lowest BCUT2D eigenvalue weighted by molar-refractivity contribution is -0.126. The molecule has 4 aromatic rings. The number of halogens is 3. The molecule has 2 aromatic carbocycles. The maximum atomic E-state index is 16.1. The van der Waals surface area contributed by atoms with Gasteiger partial charge in [-0.25, -0.2) is 18.7 Å². The zero-order valence-electron chi connectivity index (χ0n) is 20.4. The first-order chi connectivity index (χ1) is 18.4. The van der Waals surface area contributed by atoms with E-state index < -0.39 is 17.4 Å². The highest BCUT2D eigenvalue weighted by molar-refractivity contribution is 6.34. The van der Waals surface area contributed by atoms with Crippen LogP contribution in [-0.4, -0.2) is 57.0 Å². The molecule has 0 atom stereocenters. The lowest BCUT2D eigenvalue weighted by atomic mass is 10.0. The summed E-state index contributed by atoms with van der Waals surface area (Å²) in [6, 6.07) is 10.8. The molecule has 0 saturated carbocycles. The van der Waals surface area contributed by atoms with Crippen molar-refractivity contribution in [1.82, 2.24) is 19.9 Å². The molecule has 10 heteroatoms. The third-order valence-corrected chi connectivity index (χ3v) is 6.85. The van der Waals surface area contributed by atoms with Gasteiger partial charge in [0, 0.05) is 55.4 Å². The van der Waals surface area contributed by atoms with Gasteiger partial charge in [0.15, 0.2) is 5.82 Å². The maximum absolute atomic E-state index is 16.1. The van der Waals surface area contributed by atoms with E-state index in [9.17, 15) is 14.3 Å². The number of hydrogen-bond donors (Lipinski definition) is 1. The molecule has 1 aliphatic rings. The number of aryl methyl sites for hydroxylation is 2. The van der Waals surface area contributed by atoms with E-state index in [4.69, 9.17) is 16.6 Å². The van der Waals surface area contributed by atoms with E-state index >= 15 is 4.39 Å². The number of anilines is 1. The van der Waals surface area contributed by atoms with Gasteiger partial charge in [-0.15, -0.1) is 0 Å². The standard InChI is InChI=1S/C28H24ClF2N5O2/c1-2-23(38)35-12-14-36(15-13-35)28-18-16-19(29)24(25-20(30)7-5-8-21(25)37)26(31)27(18)33-22(34-28)10-9-17-6-3-4-11-32-17/h2-8,11,16,37H,1,9-10,12-15H2. The zero-order valence-corrected chi connectivity index (χ0v) is 21.1. The average molecular weight is 536 g/mol. The first-order valence-corrected chi connectivity index (χ1v) is 12.5. The van der Waals surface area contributed by atoms with E-state index in [2.05, 4.69) is 16.5 Å². The Morgan fingerprint density at radius 1 is 1.05 bits per heavy atom. The number of piperazine rings is 1. The normalized spacial score (nSPS) is 13.7. The Morgan fingerprint density at radius 2 is 1.84 bits per heavy atom. The fraction of sp³-hybridized carbons (Fsp3) is 0.214. The van der Waals surface area contributed by atoms with E-state index in [0.717, 1.165) is 11.8 Å². The molecule has 0 bridgehead atoms. The van der Waals surface area contributed by atoms with Crippen LogP contribution < -0.4 is 4.90 Å². The molecule has 0 unspecified atom stereocenters. The molecular weight excluding hydrogens is 512 g/mol. The van der Waals surface area contributed by atoms with Crippen LogP contribution in [0.1, 0.15) is 11.5 Å². The molecule has 1 fully saturated rings. The summed E-state index contributed by atoms with van der Waals surface area (Å²) in [6.07, 6.45) is 3.89. The first-order valence-electron chi connectivity index (χ1n) is 12.1. The second-order valence-electron chi connectivity index (χ2n) is 8.88. The van der Waals surface area contributed by atoms with E-state index in [-0.39, 0.29) is 27.6 Å². The van der Waals surface area contributed by atoms with Crippen molar-refractivity contribution in [2.45, 2.75) is 12.8 Å². The Bertz CT molecular complexity index is 1510. The molecule has 3 heterocycles. The van der Waals surface area contributed by atoms with Crippen LogP contribution in [0.4, 0.5) is 14.6 Å². The summed E-state index contributed by atoms with van der Waals surface area (Å²) in [7, 11) is 0. The number of benzene rings is 2. The summed E-state index contributed by atoms with van der Waals surface area (Å²) >= 11 is 6.50. The van der Waals surface area contributed by atoms with Crippen LogP contribution in [0, 0.1) is 11.6 Å². The lowest BCUT2D eigenvalue weighted by Crippen LogP contribution is -2.48. The lowest BCUT2D eigenvalue weighted by Gasteiger charge is -2.35. The number of carbonyl (C=O) groups excluding carboxylic acids is 1. The highest BCUT2D eigenvalue weighted by Gasteiger charge is 2.27. The minimum Gasteiger partial charge on any atom is -0.507 e. The van der Waals surface area contributed by atoms with Gasteiger partial charge in [0.1, 0.15) is 28.7 Å². The van der Waals surface area contributed by atoms with Crippen LogP contribution in [0.2, 0.25) is 5.02 Å². The fourth-order valence-electron chi connectivity index (χ4n) is 4.62. The quantitative estimate of drug-likeness (QED) is 0.352. The number of hydrogen-bond acceptors (Lipinski definition) is 6. The number of fused-ring (bicyclic) bond motifs is 1. The van der Waals surface area contributed by atoms with E-state index in [1.54, 1.807) is 11.1 Å². The largest absolute Gasteiger partial charge is 0.507 e. The molecule has 0 spiro atoms. The van der Waals surface area contributed by atoms with Crippen LogP contribution in [0.5, 0.6) is 5.75 Å². The van der Waals surface area contributed by atoms with Crippen molar-refractivity contribution in [3.05, 3.63) is 89.5 Å². The van der Waals surface area contributed by atoms with Crippen molar-refractivity contribution in [3.63, 3.8) is 0 Å². The second kappa shape index (κ2) is 10.7. The Morgan fingerprint density at radius 3 is 2.53 bits per heavy atom. The molecule has 7 nitrogen and oxygen atoms in total. The van der Waals surface area contributed by atoms with Gasteiger partial charge in [0.25, 0.3) is 0 Å². The number of phenolic OH excluding ortho intramolecular Hbond substituents is 1. The molecule has 1 saturated heterocycles. The summed E-state index contributed by atoms with van der Waals surface area (Å²) in [5.74, 6) is -1.39. The third kappa shape index (κ3) is 4.89. The summed E-state index contributed by atoms with van der Waals surface area (Å²) in [6.45, 7) is 5.35. The predicted molar refractivity (Wildman–Crippen MR) is 142 cm³/mol. The van der Waals surface area contributed by atoms with Gasteiger partial charge < -0.3 is 14.9 Å². The van der Waals surface area contributed by atoms with Crippen molar-refractivity contribution < 1.29 is 18.7 Å². The van der Waals surface area contributed by atoms with Crippen LogP contribution in [0.3, 0.4) is 0 Å². The molecule has 2 aromatic heterocycles. The summed E-state index contributed by atoms with van der Waals surface area (Å²) in [5, 5.41) is 10.6. The van der Waals surface area contributed by atoms with Gasteiger partial charge in [-0.1, -0.05) is 30.3 Å². The summed E-state index contributed by atoms with van der Waals surface area (Å²) < 4.78 is 30.8. The average Bonchev–Trinajstić information content (AvgIpc) is 2.93. The Hall–Kier alpha value is -4.11. The third-order valence-electron chi connectivity index (χ3n) is 6.55. The van der Waals surface area contributed by atoms with Gasteiger partial charge in [-0.3, -0.25) is 9.78 Å². The Kier molecular flexibility index (Phi) is 7.20. The molecule has 38 heavy (non-hydrogen) atoms. The topological polar surface area (TPSA) is 82.5 Å². The number of aromatic hydroxyl groups is 1. The molecule has 0 radical (unpaired) electrons. The van der Waals surface area contributed by atoms with Gasteiger partial charge in [-0.05, 0) is 42.8 Å². The molecule has 194 valence electrons. The highest BCUT2D eigenvalue weighted by Crippen LogP contribution is 2.42. The highest BCUT2D eigenvalue weighted by atomic mass is 35.5. The van der Waals surface area contributed by atoms with Gasteiger partial charge >= 0.3 is 0 Å². The minimum atomic E-state index is -0.851. The minimum absolute atomic E-state index is 0.0299. The molecule has 1 aliphatic heterocycles. The first kappa shape index (κ1) is 25.5. The summed E-state index contributed by atoms with van der Waals surface area (Å²) in [4.78, 5) is 29.3. The molecular formula is C28H24ClF2N5O2. The van der Waals surface area contributed by atoms with Crippen molar-refractivity contribution >= 4 is 34.2 Å². The van der Waals surface area contributed by atoms with E-state index in [1.165, 1.54) is 24.3 Å². The number of nitrogens with zero attached hydrogens (tertiary/aromatic N) is 5. The fourth-order valence-corrected chi connectivity index (χ4v) is 4.91. The van der Waals surface area contributed by atoms with Gasteiger partial charge in [0.2, 0.25) is 5.91 Å². The predicted octanol–water partition coefficient (Wildman–Crippen LogP) is 4.95. The molecule has 1 N–H and O–H groups in total. The molecule has 5 rings (SSSR count). The SMILES string of the molecule is C=CC(=O)N1CCN(c2nc(CCc3ccccn3)nc3c(F)c(-c4c(O)cccc4F)c(Cl)cc23)CC1. The van der Waals surface area contributed by atoms with Crippen LogP contribution in [0.25, 0.3) is 22.0 Å². The number of phenols is 1. The van der Waals surface area contributed by atoms with Gasteiger partial charge in [0.05, 0.1) is 10.6 Å². The van der Waals surface area contributed by atoms with Crippen molar-refractivity contribution in [2.24, 2.45) is 0 Å². The van der Waals surface area contributed by atoms with Crippen LogP contribution in [0.15, 0.2) is 61.3 Å². The number of amides is 1. The maximum Gasteiger partial charge on any atom is 0.246 e. The van der Waals surface area contributed by atoms with E-state index in [1.807, 2.05) is 23.1 Å². The smallest absolute Gasteiger partial charge is 0.246 e. The van der Waals surface area contributed by atoms with Gasteiger partial charge in [-0.2, -0.15) is 0 Å². The zero-order chi connectivity index (χ0) is 26.8. The number of carbonyl (C=O) groups is 1.